The molecule has 3 rings (SSSR count). The molecule has 0 unspecified atom stereocenters. The van der Waals surface area contributed by atoms with Crippen LogP contribution in [0.15, 0.2) is 29.9 Å². The van der Waals surface area contributed by atoms with Gasteiger partial charge in [-0.05, 0) is 24.3 Å². The highest BCUT2D eigenvalue weighted by Gasteiger charge is 2.25. The van der Waals surface area contributed by atoms with Gasteiger partial charge in [-0.25, -0.2) is 4.98 Å². The highest BCUT2D eigenvalue weighted by Crippen LogP contribution is 2.26. The molecule has 3 heterocycles. The zero-order valence-electron chi connectivity index (χ0n) is 10.0. The minimum Gasteiger partial charge on any atom is -0.348 e. The smallest absolute Gasteiger partial charge is 0.263 e. The molecule has 1 amide bonds. The van der Waals surface area contributed by atoms with E-state index in [1.54, 1.807) is 6.20 Å². The van der Waals surface area contributed by atoms with Crippen molar-refractivity contribution in [1.82, 2.24) is 14.9 Å². The Labute approximate surface area is 110 Å². The van der Waals surface area contributed by atoms with Crippen LogP contribution in [-0.4, -0.2) is 33.9 Å². The Kier molecular flexibility index (Phi) is 3.15. The Balaban J connectivity index is 1.62. The van der Waals surface area contributed by atoms with Gasteiger partial charge in [-0.3, -0.25) is 4.79 Å². The van der Waals surface area contributed by atoms with E-state index in [9.17, 15) is 4.79 Å². The lowest BCUT2D eigenvalue weighted by Crippen LogP contribution is -2.37. The number of hydrogen-bond acceptors (Lipinski definition) is 3. The van der Waals surface area contributed by atoms with Crippen molar-refractivity contribution in [3.8, 4) is 0 Å². The minimum absolute atomic E-state index is 0.169. The Hall–Kier alpha value is -1.62. The van der Waals surface area contributed by atoms with Gasteiger partial charge in [0.05, 0.1) is 4.88 Å². The maximum atomic E-state index is 12.2. The van der Waals surface area contributed by atoms with Gasteiger partial charge in [0.25, 0.3) is 5.91 Å². The van der Waals surface area contributed by atoms with Crippen molar-refractivity contribution in [3.63, 3.8) is 0 Å². The standard InChI is InChI=1S/C13H15N3OS/c17-13(11-2-1-9-18-11)16-7-3-10(4-8-16)12-14-5-6-15-12/h1-2,5-6,9-10H,3-4,7-8H2,(H,14,15). The molecular formula is C13H15N3OS. The van der Waals surface area contributed by atoms with E-state index < -0.39 is 0 Å². The number of amides is 1. The summed E-state index contributed by atoms with van der Waals surface area (Å²) in [4.78, 5) is 22.4. The molecule has 2 aromatic rings. The van der Waals surface area contributed by atoms with E-state index in [1.807, 2.05) is 28.6 Å². The van der Waals surface area contributed by atoms with Crippen molar-refractivity contribution in [1.29, 1.82) is 0 Å². The summed E-state index contributed by atoms with van der Waals surface area (Å²) >= 11 is 1.51. The summed E-state index contributed by atoms with van der Waals surface area (Å²) in [7, 11) is 0. The third-order valence-electron chi connectivity index (χ3n) is 3.42. The summed E-state index contributed by atoms with van der Waals surface area (Å²) < 4.78 is 0. The van der Waals surface area contributed by atoms with E-state index in [1.165, 1.54) is 11.3 Å². The second kappa shape index (κ2) is 4.94. The summed E-state index contributed by atoms with van der Waals surface area (Å²) in [6.45, 7) is 1.64. The maximum Gasteiger partial charge on any atom is 0.263 e. The summed E-state index contributed by atoms with van der Waals surface area (Å²) in [5.41, 5.74) is 0. The summed E-state index contributed by atoms with van der Waals surface area (Å²) in [5, 5.41) is 1.95. The molecule has 94 valence electrons. The molecule has 0 radical (unpaired) electrons. The fourth-order valence-corrected chi connectivity index (χ4v) is 3.10. The van der Waals surface area contributed by atoms with Crippen LogP contribution >= 0.6 is 11.3 Å². The summed E-state index contributed by atoms with van der Waals surface area (Å²) in [6.07, 6.45) is 5.63. The molecule has 5 heteroatoms. The molecule has 0 aliphatic carbocycles. The van der Waals surface area contributed by atoms with Crippen LogP contribution in [0.5, 0.6) is 0 Å². The number of H-pyrrole nitrogens is 1. The molecule has 1 saturated heterocycles. The fraction of sp³-hybridized carbons (Fsp3) is 0.385. The summed E-state index contributed by atoms with van der Waals surface area (Å²) in [6, 6.07) is 3.82. The van der Waals surface area contributed by atoms with Crippen LogP contribution in [0.2, 0.25) is 0 Å². The quantitative estimate of drug-likeness (QED) is 0.903. The molecule has 1 aliphatic heterocycles. The first-order valence-corrected chi connectivity index (χ1v) is 7.04. The van der Waals surface area contributed by atoms with Gasteiger partial charge in [-0.15, -0.1) is 11.3 Å². The molecule has 0 saturated carbocycles. The van der Waals surface area contributed by atoms with Crippen molar-refractivity contribution in [2.75, 3.05) is 13.1 Å². The number of aromatic nitrogens is 2. The van der Waals surface area contributed by atoms with Crippen LogP contribution < -0.4 is 0 Å². The maximum absolute atomic E-state index is 12.2. The van der Waals surface area contributed by atoms with Crippen LogP contribution in [0.1, 0.15) is 34.3 Å². The topological polar surface area (TPSA) is 49.0 Å². The molecule has 0 bridgehead atoms. The Bertz CT molecular complexity index is 498. The normalized spacial score (nSPS) is 17.0. The van der Waals surface area contributed by atoms with Crippen LogP contribution in [0.25, 0.3) is 0 Å². The number of thiophene rings is 1. The van der Waals surface area contributed by atoms with Gasteiger partial charge in [-0.2, -0.15) is 0 Å². The molecule has 18 heavy (non-hydrogen) atoms. The number of nitrogens with one attached hydrogen (secondary N) is 1. The van der Waals surface area contributed by atoms with Gasteiger partial charge < -0.3 is 9.88 Å². The SMILES string of the molecule is O=C(c1cccs1)N1CCC(c2ncc[nH]2)CC1. The van der Waals surface area contributed by atoms with Gasteiger partial charge in [0.2, 0.25) is 0 Å². The van der Waals surface area contributed by atoms with E-state index in [4.69, 9.17) is 0 Å². The number of hydrogen-bond donors (Lipinski definition) is 1. The van der Waals surface area contributed by atoms with Crippen molar-refractivity contribution in [3.05, 3.63) is 40.6 Å². The highest BCUT2D eigenvalue weighted by atomic mass is 32.1. The molecule has 2 aromatic heterocycles. The average molecular weight is 261 g/mol. The zero-order chi connectivity index (χ0) is 12.4. The van der Waals surface area contributed by atoms with Crippen molar-refractivity contribution in [2.24, 2.45) is 0 Å². The second-order valence-corrected chi connectivity index (χ2v) is 5.47. The van der Waals surface area contributed by atoms with Crippen LogP contribution in [0, 0.1) is 0 Å². The van der Waals surface area contributed by atoms with E-state index >= 15 is 0 Å². The lowest BCUT2D eigenvalue weighted by atomic mass is 9.96. The molecule has 0 aromatic carbocycles. The van der Waals surface area contributed by atoms with Crippen molar-refractivity contribution < 1.29 is 4.79 Å². The molecule has 0 atom stereocenters. The second-order valence-electron chi connectivity index (χ2n) is 4.52. The van der Waals surface area contributed by atoms with E-state index in [0.717, 1.165) is 36.6 Å². The van der Waals surface area contributed by atoms with Crippen LogP contribution in [0.4, 0.5) is 0 Å². The van der Waals surface area contributed by atoms with Crippen LogP contribution in [0.3, 0.4) is 0 Å². The Morgan fingerprint density at radius 2 is 2.28 bits per heavy atom. The van der Waals surface area contributed by atoms with Gasteiger partial charge in [-0.1, -0.05) is 6.07 Å². The van der Waals surface area contributed by atoms with Gasteiger partial charge >= 0.3 is 0 Å². The zero-order valence-corrected chi connectivity index (χ0v) is 10.8. The number of carbonyl (C=O) groups is 1. The third-order valence-corrected chi connectivity index (χ3v) is 4.28. The van der Waals surface area contributed by atoms with E-state index in [2.05, 4.69) is 9.97 Å². The van der Waals surface area contributed by atoms with Crippen LogP contribution in [-0.2, 0) is 0 Å². The number of carbonyl (C=O) groups excluding carboxylic acids is 1. The Morgan fingerprint density at radius 3 is 2.89 bits per heavy atom. The number of rotatable bonds is 2. The van der Waals surface area contributed by atoms with E-state index in [0.29, 0.717) is 5.92 Å². The predicted octanol–water partition coefficient (Wildman–Crippen LogP) is 2.49. The predicted molar refractivity (Wildman–Crippen MR) is 70.8 cm³/mol. The number of likely N-dealkylation sites (tertiary alicyclic amines) is 1. The first-order valence-electron chi connectivity index (χ1n) is 6.16. The lowest BCUT2D eigenvalue weighted by molar-refractivity contribution is 0.0716. The molecule has 0 spiro atoms. The highest BCUT2D eigenvalue weighted by molar-refractivity contribution is 7.12. The number of piperidine rings is 1. The largest absolute Gasteiger partial charge is 0.348 e. The minimum atomic E-state index is 0.169. The number of nitrogens with zero attached hydrogens (tertiary/aromatic N) is 2. The van der Waals surface area contributed by atoms with Crippen molar-refractivity contribution in [2.45, 2.75) is 18.8 Å². The molecule has 4 nitrogen and oxygen atoms in total. The average Bonchev–Trinajstić information content (AvgIpc) is 3.11. The fourth-order valence-electron chi connectivity index (χ4n) is 2.41. The lowest BCUT2D eigenvalue weighted by Gasteiger charge is -2.30. The third kappa shape index (κ3) is 2.18. The Morgan fingerprint density at radius 1 is 1.44 bits per heavy atom. The number of aromatic amines is 1. The molecule has 1 fully saturated rings. The van der Waals surface area contributed by atoms with Gasteiger partial charge in [0.15, 0.2) is 0 Å². The molecule has 1 N–H and O–H groups in total. The number of imidazole rings is 1. The molecule has 1 aliphatic rings. The van der Waals surface area contributed by atoms with Gasteiger partial charge in [0, 0.05) is 31.4 Å². The first-order chi connectivity index (χ1) is 8.84. The summed E-state index contributed by atoms with van der Waals surface area (Å²) in [5.74, 6) is 1.69. The van der Waals surface area contributed by atoms with Crippen molar-refractivity contribution >= 4 is 17.2 Å². The molecular weight excluding hydrogens is 246 g/mol. The van der Waals surface area contributed by atoms with Gasteiger partial charge in [0.1, 0.15) is 5.82 Å². The first kappa shape index (κ1) is 11.5. The van der Waals surface area contributed by atoms with E-state index in [-0.39, 0.29) is 5.91 Å². The monoisotopic (exact) mass is 261 g/mol.